The average Bonchev–Trinajstić information content (AvgIpc) is 3.21. The second kappa shape index (κ2) is 5.69. The molecule has 1 aromatic rings. The van der Waals surface area contributed by atoms with Crippen LogP contribution in [0.3, 0.4) is 0 Å². The van der Waals surface area contributed by atoms with E-state index in [0.29, 0.717) is 0 Å². The first kappa shape index (κ1) is 13.3. The minimum atomic E-state index is -0.983. The number of carbonyl (C=O) groups is 2. The fraction of sp³-hybridized carbons (Fsp3) is 0.462. The van der Waals surface area contributed by atoms with E-state index in [1.807, 2.05) is 6.07 Å². The molecule has 1 aliphatic carbocycles. The van der Waals surface area contributed by atoms with E-state index in [-0.39, 0.29) is 12.0 Å². The Labute approximate surface area is 111 Å². The van der Waals surface area contributed by atoms with Crippen molar-refractivity contribution in [2.24, 2.45) is 5.92 Å². The van der Waals surface area contributed by atoms with E-state index in [1.165, 1.54) is 0 Å². The molecule has 0 aromatic carbocycles. The molecule has 3 N–H and O–H groups in total. The molecule has 0 bridgehead atoms. The lowest BCUT2D eigenvalue weighted by molar-refractivity contribution is -0.139. The van der Waals surface area contributed by atoms with Crippen LogP contribution in [0.2, 0.25) is 0 Å². The number of nitrogens with one attached hydrogen (secondary N) is 2. The van der Waals surface area contributed by atoms with Gasteiger partial charge in [-0.15, -0.1) is 0 Å². The Balaban J connectivity index is 1.88. The number of urea groups is 1. The van der Waals surface area contributed by atoms with Crippen molar-refractivity contribution in [3.8, 4) is 0 Å². The van der Waals surface area contributed by atoms with Crippen LogP contribution < -0.4 is 10.6 Å². The van der Waals surface area contributed by atoms with Crippen LogP contribution in [-0.4, -0.2) is 28.1 Å². The van der Waals surface area contributed by atoms with Gasteiger partial charge in [-0.1, -0.05) is 6.07 Å². The van der Waals surface area contributed by atoms with Crippen molar-refractivity contribution in [1.82, 2.24) is 15.6 Å². The van der Waals surface area contributed by atoms with Gasteiger partial charge in [-0.2, -0.15) is 0 Å². The van der Waals surface area contributed by atoms with Crippen LogP contribution in [0.5, 0.6) is 0 Å². The number of amides is 2. The summed E-state index contributed by atoms with van der Waals surface area (Å²) in [6.45, 7) is 1.80. The van der Waals surface area contributed by atoms with Crippen LogP contribution in [0.1, 0.15) is 31.5 Å². The van der Waals surface area contributed by atoms with Gasteiger partial charge in [0.1, 0.15) is 6.04 Å². The Morgan fingerprint density at radius 2 is 2.11 bits per heavy atom. The third-order valence-corrected chi connectivity index (χ3v) is 3.13. The van der Waals surface area contributed by atoms with Gasteiger partial charge in [-0.25, -0.2) is 9.59 Å². The van der Waals surface area contributed by atoms with Gasteiger partial charge >= 0.3 is 12.0 Å². The van der Waals surface area contributed by atoms with E-state index in [2.05, 4.69) is 15.6 Å². The van der Waals surface area contributed by atoms with Crippen molar-refractivity contribution in [3.63, 3.8) is 0 Å². The molecule has 1 heterocycles. The van der Waals surface area contributed by atoms with Gasteiger partial charge in [0.25, 0.3) is 0 Å². The minimum Gasteiger partial charge on any atom is -0.480 e. The summed E-state index contributed by atoms with van der Waals surface area (Å²) >= 11 is 0. The maximum Gasteiger partial charge on any atom is 0.326 e. The van der Waals surface area contributed by atoms with E-state index >= 15 is 0 Å². The maximum absolute atomic E-state index is 11.8. The van der Waals surface area contributed by atoms with Gasteiger partial charge in [-0.3, -0.25) is 4.98 Å². The molecule has 102 valence electrons. The Bertz CT molecular complexity index is 459. The summed E-state index contributed by atoms with van der Waals surface area (Å²) in [5, 5.41) is 14.2. The molecule has 0 spiro atoms. The zero-order valence-electron chi connectivity index (χ0n) is 10.7. The first-order valence-corrected chi connectivity index (χ1v) is 6.28. The number of rotatable bonds is 5. The largest absolute Gasteiger partial charge is 0.480 e. The fourth-order valence-corrected chi connectivity index (χ4v) is 1.90. The molecule has 0 saturated heterocycles. The van der Waals surface area contributed by atoms with Gasteiger partial charge in [0.2, 0.25) is 0 Å². The van der Waals surface area contributed by atoms with Crippen molar-refractivity contribution in [1.29, 1.82) is 0 Å². The van der Waals surface area contributed by atoms with E-state index in [9.17, 15) is 9.59 Å². The normalized spacial score (nSPS) is 17.3. The Morgan fingerprint density at radius 1 is 1.37 bits per heavy atom. The predicted octanol–water partition coefficient (Wildman–Crippen LogP) is 1.30. The summed E-state index contributed by atoms with van der Waals surface area (Å²) in [6, 6.07) is 3.90. The zero-order chi connectivity index (χ0) is 13.8. The van der Waals surface area contributed by atoms with Gasteiger partial charge in [-0.05, 0) is 37.8 Å². The molecule has 0 aliphatic heterocycles. The average molecular weight is 263 g/mol. The van der Waals surface area contributed by atoms with E-state index in [0.717, 1.165) is 18.5 Å². The van der Waals surface area contributed by atoms with E-state index in [1.54, 1.807) is 25.3 Å². The number of carboxylic acid groups (broad SMARTS) is 1. The molecule has 1 aromatic heterocycles. The van der Waals surface area contributed by atoms with Crippen LogP contribution in [-0.2, 0) is 4.79 Å². The van der Waals surface area contributed by atoms with Gasteiger partial charge < -0.3 is 15.7 Å². The zero-order valence-corrected chi connectivity index (χ0v) is 10.7. The number of aliphatic carboxylic acids is 1. The van der Waals surface area contributed by atoms with Gasteiger partial charge in [0, 0.05) is 6.20 Å². The van der Waals surface area contributed by atoms with Crippen molar-refractivity contribution in [2.75, 3.05) is 0 Å². The monoisotopic (exact) mass is 263 g/mol. The van der Waals surface area contributed by atoms with Crippen LogP contribution >= 0.6 is 0 Å². The molecule has 1 aliphatic rings. The molecule has 2 amide bonds. The first-order valence-electron chi connectivity index (χ1n) is 6.28. The molecule has 2 unspecified atom stereocenters. The molecule has 2 atom stereocenters. The molecule has 0 radical (unpaired) electrons. The summed E-state index contributed by atoms with van der Waals surface area (Å²) in [4.78, 5) is 26.9. The number of pyridine rings is 1. The fourth-order valence-electron chi connectivity index (χ4n) is 1.90. The number of hydrogen-bond donors (Lipinski definition) is 3. The number of nitrogens with zero attached hydrogens (tertiary/aromatic N) is 1. The Kier molecular flexibility index (Phi) is 3.99. The van der Waals surface area contributed by atoms with Crippen LogP contribution in [0.4, 0.5) is 4.79 Å². The Hall–Kier alpha value is -2.11. The summed E-state index contributed by atoms with van der Waals surface area (Å²) < 4.78 is 0. The molecule has 1 saturated carbocycles. The first-order chi connectivity index (χ1) is 9.08. The van der Waals surface area contributed by atoms with Crippen molar-refractivity contribution in [3.05, 3.63) is 30.1 Å². The van der Waals surface area contributed by atoms with Crippen molar-refractivity contribution in [2.45, 2.75) is 31.8 Å². The molecular formula is C13H17N3O3. The number of carboxylic acids is 1. The summed E-state index contributed by atoms with van der Waals surface area (Å²) in [5.41, 5.74) is 0.732. The highest BCUT2D eigenvalue weighted by Crippen LogP contribution is 2.32. The molecule has 1 fully saturated rings. The van der Waals surface area contributed by atoms with Crippen molar-refractivity contribution >= 4 is 12.0 Å². The lowest BCUT2D eigenvalue weighted by Gasteiger charge is -2.17. The molecule has 6 heteroatoms. The predicted molar refractivity (Wildman–Crippen MR) is 68.5 cm³/mol. The van der Waals surface area contributed by atoms with Crippen LogP contribution in [0.25, 0.3) is 0 Å². The maximum atomic E-state index is 11.8. The molecule has 19 heavy (non-hydrogen) atoms. The quantitative estimate of drug-likeness (QED) is 0.746. The van der Waals surface area contributed by atoms with Crippen LogP contribution in [0, 0.1) is 5.92 Å². The molecular weight excluding hydrogens is 246 g/mol. The minimum absolute atomic E-state index is 0.0633. The third kappa shape index (κ3) is 3.67. The van der Waals surface area contributed by atoms with E-state index in [4.69, 9.17) is 5.11 Å². The highest BCUT2D eigenvalue weighted by atomic mass is 16.4. The summed E-state index contributed by atoms with van der Waals surface area (Å²) in [7, 11) is 0. The van der Waals surface area contributed by atoms with Gasteiger partial charge in [0.05, 0.1) is 11.7 Å². The smallest absolute Gasteiger partial charge is 0.326 e. The number of aromatic nitrogens is 1. The lowest BCUT2D eigenvalue weighted by Crippen LogP contribution is -2.47. The number of hydrogen-bond acceptors (Lipinski definition) is 3. The topological polar surface area (TPSA) is 91.3 Å². The van der Waals surface area contributed by atoms with Gasteiger partial charge in [0.15, 0.2) is 0 Å². The van der Waals surface area contributed by atoms with E-state index < -0.39 is 18.0 Å². The second-order valence-corrected chi connectivity index (χ2v) is 4.75. The Morgan fingerprint density at radius 3 is 2.63 bits per heavy atom. The standard InChI is InChI=1S/C13H17N3O3/c1-8(10-4-2-3-7-14-10)15-13(19)16-11(12(17)18)9-5-6-9/h2-4,7-9,11H,5-6H2,1H3,(H,17,18)(H2,15,16,19). The lowest BCUT2D eigenvalue weighted by atomic mass is 10.2. The summed E-state index contributed by atoms with van der Waals surface area (Å²) in [6.07, 6.45) is 3.36. The van der Waals surface area contributed by atoms with Crippen molar-refractivity contribution < 1.29 is 14.7 Å². The highest BCUT2D eigenvalue weighted by molar-refractivity contribution is 5.83. The number of carbonyl (C=O) groups excluding carboxylic acids is 1. The molecule has 2 rings (SSSR count). The third-order valence-electron chi connectivity index (χ3n) is 3.13. The highest BCUT2D eigenvalue weighted by Gasteiger charge is 2.37. The molecule has 6 nitrogen and oxygen atoms in total. The van der Waals surface area contributed by atoms with Crippen LogP contribution in [0.15, 0.2) is 24.4 Å². The second-order valence-electron chi connectivity index (χ2n) is 4.75. The summed E-state index contributed by atoms with van der Waals surface area (Å²) in [5.74, 6) is -0.920. The SMILES string of the molecule is CC(NC(=O)NC(C(=O)O)C1CC1)c1ccccn1.